The van der Waals surface area contributed by atoms with Gasteiger partial charge >= 0.3 is 0 Å². The molecule has 0 fully saturated rings. The molecule has 1 aromatic carbocycles. The molecule has 3 aromatic rings. The van der Waals surface area contributed by atoms with E-state index in [1.165, 1.54) is 18.1 Å². The van der Waals surface area contributed by atoms with Crippen LogP contribution in [-0.4, -0.2) is 28.0 Å². The van der Waals surface area contributed by atoms with E-state index in [2.05, 4.69) is 15.6 Å². The van der Waals surface area contributed by atoms with Crippen LogP contribution >= 0.6 is 11.6 Å². The molecule has 3 N–H and O–H groups in total. The van der Waals surface area contributed by atoms with Crippen molar-refractivity contribution in [2.45, 2.75) is 6.54 Å². The number of methoxy groups -OCH3 is 1. The Morgan fingerprint density at radius 3 is 3.00 bits per heavy atom. The average molecular weight is 348 g/mol. The fourth-order valence-corrected chi connectivity index (χ4v) is 2.28. The van der Waals surface area contributed by atoms with Crippen LogP contribution in [0, 0.1) is 0 Å². The van der Waals surface area contributed by atoms with Crippen molar-refractivity contribution in [3.05, 3.63) is 53.1 Å². The van der Waals surface area contributed by atoms with E-state index in [1.54, 1.807) is 30.3 Å². The first-order valence-electron chi connectivity index (χ1n) is 6.96. The number of furan rings is 1. The highest BCUT2D eigenvalue weighted by molar-refractivity contribution is 6.32. The summed E-state index contributed by atoms with van der Waals surface area (Å²) >= 11 is 5.99. The van der Waals surface area contributed by atoms with Crippen molar-refractivity contribution < 1.29 is 13.9 Å². The molecule has 3 rings (SSSR count). The van der Waals surface area contributed by atoms with E-state index in [9.17, 15) is 4.79 Å². The molecule has 124 valence electrons. The number of aromatic nitrogens is 3. The van der Waals surface area contributed by atoms with E-state index >= 15 is 0 Å². The summed E-state index contributed by atoms with van der Waals surface area (Å²) in [6, 6.07) is 8.48. The van der Waals surface area contributed by atoms with E-state index in [4.69, 9.17) is 26.5 Å². The maximum Gasteiger partial charge on any atom is 0.276 e. The van der Waals surface area contributed by atoms with Gasteiger partial charge in [-0.05, 0) is 24.3 Å². The number of ether oxygens (including phenoxy) is 1. The van der Waals surface area contributed by atoms with E-state index in [1.807, 2.05) is 0 Å². The van der Waals surface area contributed by atoms with Crippen molar-refractivity contribution in [2.24, 2.45) is 0 Å². The lowest BCUT2D eigenvalue weighted by Gasteiger charge is -2.07. The van der Waals surface area contributed by atoms with Crippen LogP contribution in [0.25, 0.3) is 5.69 Å². The molecule has 8 nitrogen and oxygen atoms in total. The number of hydrogen-bond acceptors (Lipinski definition) is 6. The van der Waals surface area contributed by atoms with Crippen molar-refractivity contribution >= 4 is 23.3 Å². The van der Waals surface area contributed by atoms with Gasteiger partial charge in [-0.15, -0.1) is 5.10 Å². The van der Waals surface area contributed by atoms with Gasteiger partial charge in [0.2, 0.25) is 0 Å². The minimum atomic E-state index is -0.448. The van der Waals surface area contributed by atoms with Crippen LogP contribution in [0.3, 0.4) is 0 Å². The number of benzene rings is 1. The van der Waals surface area contributed by atoms with Crippen molar-refractivity contribution in [3.8, 4) is 11.4 Å². The number of carbonyl (C=O) groups excluding carboxylic acids is 1. The van der Waals surface area contributed by atoms with Gasteiger partial charge in [-0.1, -0.05) is 16.8 Å². The summed E-state index contributed by atoms with van der Waals surface area (Å²) < 4.78 is 11.6. The molecule has 0 aliphatic heterocycles. The number of halogens is 1. The fourth-order valence-electron chi connectivity index (χ4n) is 2.09. The van der Waals surface area contributed by atoms with Crippen LogP contribution in [0.15, 0.2) is 41.0 Å². The number of anilines is 1. The van der Waals surface area contributed by atoms with Gasteiger partial charge in [0.1, 0.15) is 11.5 Å². The number of rotatable bonds is 5. The zero-order chi connectivity index (χ0) is 17.1. The van der Waals surface area contributed by atoms with Gasteiger partial charge in [-0.2, -0.15) is 4.68 Å². The van der Waals surface area contributed by atoms with Gasteiger partial charge < -0.3 is 20.2 Å². The quantitative estimate of drug-likeness (QED) is 0.731. The first-order chi connectivity index (χ1) is 11.6. The Morgan fingerprint density at radius 2 is 2.29 bits per heavy atom. The normalized spacial score (nSPS) is 10.6. The Labute approximate surface area is 142 Å². The average Bonchev–Trinajstić information content (AvgIpc) is 3.23. The summed E-state index contributed by atoms with van der Waals surface area (Å²) in [6.07, 6.45) is 1.53. The second-order valence-electron chi connectivity index (χ2n) is 4.82. The Balaban J connectivity index is 1.81. The van der Waals surface area contributed by atoms with Gasteiger partial charge in [0.15, 0.2) is 11.5 Å². The zero-order valence-electron chi connectivity index (χ0n) is 12.7. The second kappa shape index (κ2) is 6.63. The number of nitrogens with two attached hydrogens (primary N) is 1. The number of nitrogens with zero attached hydrogens (tertiary/aromatic N) is 3. The van der Waals surface area contributed by atoms with E-state index in [0.717, 1.165) is 0 Å². The predicted molar refractivity (Wildman–Crippen MR) is 87.2 cm³/mol. The molecule has 0 atom stereocenters. The first-order valence-corrected chi connectivity index (χ1v) is 7.33. The van der Waals surface area contributed by atoms with Gasteiger partial charge in [-0.25, -0.2) is 0 Å². The molecular formula is C15H14ClN5O3. The fraction of sp³-hybridized carbons (Fsp3) is 0.133. The smallest absolute Gasteiger partial charge is 0.276 e. The Kier molecular flexibility index (Phi) is 4.39. The van der Waals surface area contributed by atoms with Crippen molar-refractivity contribution in [3.63, 3.8) is 0 Å². The Bertz CT molecular complexity index is 860. The van der Waals surface area contributed by atoms with Crippen molar-refractivity contribution in [2.75, 3.05) is 12.8 Å². The molecule has 0 aliphatic rings. The molecule has 2 heterocycles. The molecule has 9 heteroatoms. The minimum absolute atomic E-state index is 0.0236. The summed E-state index contributed by atoms with van der Waals surface area (Å²) in [4.78, 5) is 12.2. The molecule has 0 radical (unpaired) electrons. The van der Waals surface area contributed by atoms with Crippen LogP contribution in [0.5, 0.6) is 5.75 Å². The molecule has 0 unspecified atom stereocenters. The molecule has 2 aromatic heterocycles. The van der Waals surface area contributed by atoms with E-state index < -0.39 is 5.91 Å². The summed E-state index contributed by atoms with van der Waals surface area (Å²) in [5, 5.41) is 10.9. The third-order valence-electron chi connectivity index (χ3n) is 3.30. The molecule has 24 heavy (non-hydrogen) atoms. The van der Waals surface area contributed by atoms with Gasteiger partial charge in [0.25, 0.3) is 5.91 Å². The van der Waals surface area contributed by atoms with Crippen molar-refractivity contribution in [1.82, 2.24) is 20.3 Å². The molecule has 0 spiro atoms. The standard InChI is InChI=1S/C15H14ClN5O3/c1-23-12-7-9(4-5-11(12)16)21-14(17)13(19-20-21)15(22)18-8-10-3-2-6-24-10/h2-7H,8,17H2,1H3,(H,18,22). The largest absolute Gasteiger partial charge is 0.495 e. The summed E-state index contributed by atoms with van der Waals surface area (Å²) in [7, 11) is 1.50. The van der Waals surface area contributed by atoms with Crippen LogP contribution in [0.2, 0.25) is 5.02 Å². The number of carbonyl (C=O) groups is 1. The topological polar surface area (TPSA) is 108 Å². The third-order valence-corrected chi connectivity index (χ3v) is 3.61. The number of nitrogen functional groups attached to an aromatic ring is 1. The molecule has 0 bridgehead atoms. The monoisotopic (exact) mass is 347 g/mol. The van der Waals surface area contributed by atoms with E-state index in [-0.39, 0.29) is 18.1 Å². The number of hydrogen-bond donors (Lipinski definition) is 2. The second-order valence-corrected chi connectivity index (χ2v) is 5.22. The molecular weight excluding hydrogens is 334 g/mol. The van der Waals surface area contributed by atoms with E-state index in [0.29, 0.717) is 22.2 Å². The maximum absolute atomic E-state index is 12.2. The van der Waals surface area contributed by atoms with Gasteiger partial charge in [0.05, 0.1) is 30.6 Å². The lowest BCUT2D eigenvalue weighted by atomic mass is 10.3. The highest BCUT2D eigenvalue weighted by Crippen LogP contribution is 2.27. The highest BCUT2D eigenvalue weighted by Gasteiger charge is 2.19. The van der Waals surface area contributed by atoms with Gasteiger partial charge in [0, 0.05) is 6.07 Å². The van der Waals surface area contributed by atoms with Crippen LogP contribution in [-0.2, 0) is 6.54 Å². The third kappa shape index (κ3) is 3.04. The predicted octanol–water partition coefficient (Wildman–Crippen LogP) is 2.03. The summed E-state index contributed by atoms with van der Waals surface area (Å²) in [5.74, 6) is 0.747. The van der Waals surface area contributed by atoms with Crippen LogP contribution < -0.4 is 15.8 Å². The summed E-state index contributed by atoms with van der Waals surface area (Å²) in [6.45, 7) is 0.229. The summed E-state index contributed by atoms with van der Waals surface area (Å²) in [5.41, 5.74) is 6.59. The zero-order valence-corrected chi connectivity index (χ0v) is 13.4. The minimum Gasteiger partial charge on any atom is -0.495 e. The number of amides is 1. The lowest BCUT2D eigenvalue weighted by molar-refractivity contribution is 0.0944. The van der Waals surface area contributed by atoms with Gasteiger partial charge in [-0.3, -0.25) is 4.79 Å². The molecule has 0 aliphatic carbocycles. The Morgan fingerprint density at radius 1 is 1.46 bits per heavy atom. The molecule has 1 amide bonds. The van der Waals surface area contributed by atoms with Crippen molar-refractivity contribution in [1.29, 1.82) is 0 Å². The lowest BCUT2D eigenvalue weighted by Crippen LogP contribution is -2.24. The maximum atomic E-state index is 12.2. The molecule has 0 saturated heterocycles. The Hall–Kier alpha value is -3.00. The first kappa shape index (κ1) is 15.9. The SMILES string of the molecule is COc1cc(-n2nnc(C(=O)NCc3ccco3)c2N)ccc1Cl. The van der Waals surface area contributed by atoms with Crippen LogP contribution in [0.4, 0.5) is 5.82 Å². The highest BCUT2D eigenvalue weighted by atomic mass is 35.5. The number of nitrogens with one attached hydrogen (secondary N) is 1. The molecule has 0 saturated carbocycles. The van der Waals surface area contributed by atoms with Crippen LogP contribution in [0.1, 0.15) is 16.2 Å².